The summed E-state index contributed by atoms with van der Waals surface area (Å²) in [4.78, 5) is -0.457. The first-order valence-electron chi connectivity index (χ1n) is 3.84. The summed E-state index contributed by atoms with van der Waals surface area (Å²) in [5.41, 5.74) is 14.7. The number of nitrogens with two attached hydrogens (primary N) is 3. The van der Waals surface area contributed by atoms with Gasteiger partial charge in [-0.25, -0.2) is 4.39 Å². The molecule has 0 saturated carbocycles. The van der Waals surface area contributed by atoms with Crippen LogP contribution in [0.4, 0.5) is 10.1 Å². The smallest absolute Gasteiger partial charge is 0.287 e. The summed E-state index contributed by atoms with van der Waals surface area (Å²) in [5.74, 6) is -1.48. The zero-order valence-corrected chi connectivity index (χ0v) is 9.39. The van der Waals surface area contributed by atoms with Gasteiger partial charge in [0.1, 0.15) is 10.7 Å². The number of halogens is 2. The van der Waals surface area contributed by atoms with Gasteiger partial charge in [0.15, 0.2) is 0 Å². The fourth-order valence-electron chi connectivity index (χ4n) is 0.930. The molecule has 0 aliphatic heterocycles. The molecule has 6 nitrogen and oxygen atoms in total. The largest absolute Gasteiger partial charge is 0.396 e. The summed E-state index contributed by atoms with van der Waals surface area (Å²) in [6, 6.07) is 1.62. The number of nitrogen functional groups attached to an aromatic ring is 1. The fraction of sp³-hybridized carbons (Fsp3) is 0. The maximum Gasteiger partial charge on any atom is 0.287 e. The molecule has 0 saturated heterocycles. The average Bonchev–Trinajstić information content (AvgIpc) is 2.08. The van der Waals surface area contributed by atoms with Crippen LogP contribution in [0.3, 0.4) is 0 Å². The van der Waals surface area contributed by atoms with Crippen molar-refractivity contribution in [3.8, 4) is 0 Å². The Labute approximate surface area is 95.9 Å². The van der Waals surface area contributed by atoms with Crippen LogP contribution in [0.25, 0.3) is 0 Å². The van der Waals surface area contributed by atoms with Crippen LogP contribution in [0.5, 0.6) is 0 Å². The Morgan fingerprint density at radius 2 is 1.94 bits per heavy atom. The number of hydrogen-bond donors (Lipinski definition) is 3. The highest BCUT2D eigenvalue weighted by Gasteiger charge is 2.19. The second-order valence-electron chi connectivity index (χ2n) is 2.80. The first-order valence-corrected chi connectivity index (χ1v) is 5.66. The molecule has 1 aromatic rings. The number of guanidine groups is 1. The van der Waals surface area contributed by atoms with Gasteiger partial charge in [-0.1, -0.05) is 11.6 Å². The van der Waals surface area contributed by atoms with E-state index >= 15 is 0 Å². The quantitative estimate of drug-likeness (QED) is 0.395. The Morgan fingerprint density at radius 1 is 1.38 bits per heavy atom. The Hall–Kier alpha value is -1.54. The van der Waals surface area contributed by atoms with Crippen molar-refractivity contribution in [1.82, 2.24) is 0 Å². The van der Waals surface area contributed by atoms with Gasteiger partial charge in [-0.05, 0) is 12.1 Å². The molecular weight excluding hydrogens is 259 g/mol. The molecule has 0 amide bonds. The van der Waals surface area contributed by atoms with Crippen LogP contribution in [-0.2, 0) is 10.0 Å². The normalized spacial score (nSPS) is 11.1. The number of hydrogen-bond acceptors (Lipinski definition) is 3. The van der Waals surface area contributed by atoms with Crippen molar-refractivity contribution in [3.05, 3.63) is 23.0 Å². The summed E-state index contributed by atoms with van der Waals surface area (Å²) < 4.78 is 38.9. The Balaban J connectivity index is 3.46. The lowest BCUT2D eigenvalue weighted by molar-refractivity contribution is 0.597. The van der Waals surface area contributed by atoms with E-state index in [0.29, 0.717) is 0 Å². The Morgan fingerprint density at radius 3 is 2.44 bits per heavy atom. The highest BCUT2D eigenvalue weighted by Crippen LogP contribution is 2.27. The monoisotopic (exact) mass is 266 g/mol. The second-order valence-corrected chi connectivity index (χ2v) is 4.78. The van der Waals surface area contributed by atoms with Crippen LogP contribution in [0, 0.1) is 5.82 Å². The number of sulfonamides is 1. The van der Waals surface area contributed by atoms with E-state index in [1.807, 2.05) is 0 Å². The van der Waals surface area contributed by atoms with Crippen molar-refractivity contribution in [1.29, 1.82) is 0 Å². The minimum atomic E-state index is -4.17. The number of anilines is 1. The standard InChI is InChI=1S/C7H8ClFN4O2S/c8-3-1-4(9)5(10)2-6(3)16(14,15)13-7(11)12/h1-2H,10H2,(H4,11,12,13). The molecule has 88 valence electrons. The van der Waals surface area contributed by atoms with Gasteiger partial charge in [0.05, 0.1) is 10.7 Å². The van der Waals surface area contributed by atoms with E-state index in [1.54, 1.807) is 0 Å². The van der Waals surface area contributed by atoms with Crippen LogP contribution in [0.2, 0.25) is 5.02 Å². The van der Waals surface area contributed by atoms with Crippen molar-refractivity contribution in [2.75, 3.05) is 5.73 Å². The molecule has 9 heteroatoms. The molecule has 0 atom stereocenters. The number of benzene rings is 1. The van der Waals surface area contributed by atoms with E-state index in [0.717, 1.165) is 12.1 Å². The summed E-state index contributed by atoms with van der Waals surface area (Å²) in [6.07, 6.45) is 0. The second kappa shape index (κ2) is 4.14. The minimum absolute atomic E-state index is 0.350. The molecule has 0 aromatic heterocycles. The predicted octanol–water partition coefficient (Wildman–Crippen LogP) is 0.0234. The number of nitrogens with zero attached hydrogens (tertiary/aromatic N) is 1. The molecule has 0 spiro atoms. The molecule has 0 bridgehead atoms. The van der Waals surface area contributed by atoms with Gasteiger partial charge in [0.2, 0.25) is 5.96 Å². The third kappa shape index (κ3) is 2.52. The molecular formula is C7H8ClFN4O2S. The first-order chi connectivity index (χ1) is 7.24. The third-order valence-corrected chi connectivity index (χ3v) is 3.32. The van der Waals surface area contributed by atoms with Crippen molar-refractivity contribution < 1.29 is 12.8 Å². The molecule has 0 fully saturated rings. The molecule has 0 heterocycles. The topological polar surface area (TPSA) is 125 Å². The first kappa shape index (κ1) is 12.5. The lowest BCUT2D eigenvalue weighted by Gasteiger charge is -2.04. The van der Waals surface area contributed by atoms with Crippen molar-refractivity contribution in [2.24, 2.45) is 15.9 Å². The van der Waals surface area contributed by atoms with Gasteiger partial charge < -0.3 is 17.2 Å². The molecule has 6 N–H and O–H groups in total. The van der Waals surface area contributed by atoms with Crippen molar-refractivity contribution in [3.63, 3.8) is 0 Å². The van der Waals surface area contributed by atoms with E-state index in [4.69, 9.17) is 28.8 Å². The average molecular weight is 267 g/mol. The van der Waals surface area contributed by atoms with E-state index in [2.05, 4.69) is 4.40 Å². The van der Waals surface area contributed by atoms with Gasteiger partial charge in [-0.2, -0.15) is 8.42 Å². The van der Waals surface area contributed by atoms with Gasteiger partial charge in [0.25, 0.3) is 10.0 Å². The van der Waals surface area contributed by atoms with Crippen LogP contribution in [-0.4, -0.2) is 14.4 Å². The van der Waals surface area contributed by atoms with Crippen LogP contribution in [0.1, 0.15) is 0 Å². The van der Waals surface area contributed by atoms with E-state index < -0.39 is 26.7 Å². The Bertz CT molecular complexity index is 554. The maximum absolute atomic E-state index is 12.9. The predicted molar refractivity (Wildman–Crippen MR) is 58.8 cm³/mol. The summed E-state index contributed by atoms with van der Waals surface area (Å²) in [6.45, 7) is 0. The highest BCUT2D eigenvalue weighted by atomic mass is 35.5. The molecule has 0 unspecified atom stereocenters. The third-order valence-electron chi connectivity index (χ3n) is 1.55. The van der Waals surface area contributed by atoms with Crippen LogP contribution >= 0.6 is 11.6 Å². The molecule has 0 aliphatic carbocycles. The SMILES string of the molecule is NC(N)=NS(=O)(=O)c1cc(N)c(F)cc1Cl. The van der Waals surface area contributed by atoms with Crippen LogP contribution in [0.15, 0.2) is 21.4 Å². The molecule has 16 heavy (non-hydrogen) atoms. The van der Waals surface area contributed by atoms with E-state index in [1.165, 1.54) is 0 Å². The van der Waals surface area contributed by atoms with Gasteiger partial charge >= 0.3 is 0 Å². The minimum Gasteiger partial charge on any atom is -0.396 e. The zero-order chi connectivity index (χ0) is 12.5. The van der Waals surface area contributed by atoms with E-state index in [-0.39, 0.29) is 10.7 Å². The fourth-order valence-corrected chi connectivity index (χ4v) is 2.33. The molecule has 0 aliphatic rings. The molecule has 1 rings (SSSR count). The van der Waals surface area contributed by atoms with Crippen molar-refractivity contribution in [2.45, 2.75) is 4.90 Å². The van der Waals surface area contributed by atoms with Crippen molar-refractivity contribution >= 4 is 33.3 Å². The zero-order valence-electron chi connectivity index (χ0n) is 7.81. The summed E-state index contributed by atoms with van der Waals surface area (Å²) in [5, 5.41) is -0.350. The maximum atomic E-state index is 12.9. The summed E-state index contributed by atoms with van der Waals surface area (Å²) in [7, 11) is -4.17. The van der Waals surface area contributed by atoms with Crippen LogP contribution < -0.4 is 17.2 Å². The molecule has 1 aromatic carbocycles. The lowest BCUT2D eigenvalue weighted by Crippen LogP contribution is -2.24. The number of rotatable bonds is 2. The Kier molecular flexibility index (Phi) is 3.24. The summed E-state index contributed by atoms with van der Waals surface area (Å²) >= 11 is 5.54. The highest BCUT2D eigenvalue weighted by molar-refractivity contribution is 7.90. The van der Waals surface area contributed by atoms with E-state index in [9.17, 15) is 12.8 Å². The van der Waals surface area contributed by atoms with Gasteiger partial charge in [-0.3, -0.25) is 0 Å². The lowest BCUT2D eigenvalue weighted by atomic mass is 10.3. The van der Waals surface area contributed by atoms with Gasteiger partial charge in [0, 0.05) is 0 Å². The van der Waals surface area contributed by atoms with Gasteiger partial charge in [-0.15, -0.1) is 4.40 Å². The molecule has 0 radical (unpaired) electrons.